The second-order valence-electron chi connectivity index (χ2n) is 11.1. The number of alkyl carbamates (subject to hydrolysis) is 1. The quantitative estimate of drug-likeness (QED) is 0.351. The van der Waals surface area contributed by atoms with Crippen LogP contribution in [0.1, 0.15) is 71.6 Å². The van der Waals surface area contributed by atoms with Crippen LogP contribution in [0.2, 0.25) is 0 Å². The Bertz CT molecular complexity index is 1270. The number of nitrogens with zero attached hydrogens (tertiary/aromatic N) is 1. The van der Waals surface area contributed by atoms with E-state index in [0.29, 0.717) is 29.0 Å². The van der Waals surface area contributed by atoms with Gasteiger partial charge in [0, 0.05) is 16.8 Å². The molecule has 10 heteroatoms. The molecule has 4 N–H and O–H groups in total. The number of ether oxygens (including phenoxy) is 2. The van der Waals surface area contributed by atoms with E-state index < -0.39 is 53.5 Å². The molecule has 0 aliphatic heterocycles. The standard InChI is InChI=1S/C31H40N4O6/c1-9-20-11-13-21(14-12-20)26(27(37)33-22-15-17-23(40-8)18-16-22)35(31(6,7)10-2)28(38)24(19-25(32)36)34-29(39)41-30(3,4)5/h1,11-18,24,26H,10,19H2,2-8H3,(H2,32,36)(H,33,37)(H,34,39). The lowest BCUT2D eigenvalue weighted by molar-refractivity contribution is -0.148. The number of anilines is 1. The number of carbonyl (C=O) groups excluding carboxylic acids is 4. The van der Waals surface area contributed by atoms with Gasteiger partial charge in [-0.3, -0.25) is 14.4 Å². The highest BCUT2D eigenvalue weighted by Crippen LogP contribution is 2.33. The topological polar surface area (TPSA) is 140 Å². The molecule has 2 atom stereocenters. The normalized spacial score (nSPS) is 12.7. The first-order chi connectivity index (χ1) is 19.1. The van der Waals surface area contributed by atoms with E-state index in [2.05, 4.69) is 16.6 Å². The molecular formula is C31H40N4O6. The van der Waals surface area contributed by atoms with Gasteiger partial charge in [-0.1, -0.05) is 25.0 Å². The van der Waals surface area contributed by atoms with Crippen molar-refractivity contribution in [3.63, 3.8) is 0 Å². The number of rotatable bonds is 11. The van der Waals surface area contributed by atoms with Gasteiger partial charge in [-0.25, -0.2) is 4.79 Å². The average Bonchev–Trinajstić information content (AvgIpc) is 2.90. The molecule has 41 heavy (non-hydrogen) atoms. The maximum Gasteiger partial charge on any atom is 0.408 e. The van der Waals surface area contributed by atoms with E-state index in [9.17, 15) is 19.2 Å². The van der Waals surface area contributed by atoms with Crippen LogP contribution in [-0.4, -0.2) is 53.0 Å². The summed E-state index contributed by atoms with van der Waals surface area (Å²) in [5, 5.41) is 5.35. The summed E-state index contributed by atoms with van der Waals surface area (Å²) in [6.45, 7) is 10.5. The molecule has 0 aromatic heterocycles. The Morgan fingerprint density at radius 1 is 1.00 bits per heavy atom. The van der Waals surface area contributed by atoms with E-state index in [0.717, 1.165) is 0 Å². The lowest BCUT2D eigenvalue weighted by atomic mass is 9.91. The number of terminal acetylenes is 1. The molecule has 0 radical (unpaired) electrons. The lowest BCUT2D eigenvalue weighted by Crippen LogP contribution is -2.59. The molecule has 220 valence electrons. The Balaban J connectivity index is 2.65. The third kappa shape index (κ3) is 9.28. The van der Waals surface area contributed by atoms with Crippen LogP contribution in [0.25, 0.3) is 0 Å². The van der Waals surface area contributed by atoms with Crippen LogP contribution in [0.5, 0.6) is 5.75 Å². The predicted molar refractivity (Wildman–Crippen MR) is 157 cm³/mol. The molecule has 2 aromatic rings. The molecule has 0 spiro atoms. The van der Waals surface area contributed by atoms with Crippen molar-refractivity contribution in [3.8, 4) is 18.1 Å². The molecule has 0 saturated heterocycles. The highest BCUT2D eigenvalue weighted by atomic mass is 16.6. The summed E-state index contributed by atoms with van der Waals surface area (Å²) in [5.74, 6) is 1.13. The summed E-state index contributed by atoms with van der Waals surface area (Å²) in [6, 6.07) is 10.8. The SMILES string of the molecule is C#Cc1ccc(C(C(=O)Nc2ccc(OC)cc2)N(C(=O)C(CC(N)=O)NC(=O)OC(C)(C)C)C(C)(C)CC)cc1. The van der Waals surface area contributed by atoms with Crippen molar-refractivity contribution in [2.75, 3.05) is 12.4 Å². The number of nitrogens with one attached hydrogen (secondary N) is 2. The van der Waals surface area contributed by atoms with Crippen LogP contribution in [-0.2, 0) is 19.1 Å². The maximum atomic E-state index is 14.3. The molecule has 0 fully saturated rings. The van der Waals surface area contributed by atoms with Gasteiger partial charge in [0.05, 0.1) is 13.5 Å². The average molecular weight is 565 g/mol. The van der Waals surface area contributed by atoms with Crippen molar-refractivity contribution < 1.29 is 28.7 Å². The molecule has 0 aliphatic carbocycles. The second-order valence-corrected chi connectivity index (χ2v) is 11.1. The monoisotopic (exact) mass is 564 g/mol. The van der Waals surface area contributed by atoms with Crippen LogP contribution in [0.3, 0.4) is 0 Å². The third-order valence-electron chi connectivity index (χ3n) is 6.41. The fourth-order valence-electron chi connectivity index (χ4n) is 4.03. The summed E-state index contributed by atoms with van der Waals surface area (Å²) >= 11 is 0. The Morgan fingerprint density at radius 2 is 1.59 bits per heavy atom. The zero-order valence-electron chi connectivity index (χ0n) is 24.7. The number of amides is 4. The first kappa shape index (κ1) is 32.7. The minimum atomic E-state index is -1.39. The predicted octanol–water partition coefficient (Wildman–Crippen LogP) is 4.14. The molecule has 2 rings (SSSR count). The van der Waals surface area contributed by atoms with E-state index in [1.165, 1.54) is 12.0 Å². The number of hydrogen-bond donors (Lipinski definition) is 3. The van der Waals surface area contributed by atoms with Gasteiger partial charge in [0.15, 0.2) is 0 Å². The highest BCUT2D eigenvalue weighted by molar-refractivity contribution is 6.00. The van der Waals surface area contributed by atoms with Gasteiger partial charge in [0.25, 0.3) is 5.91 Å². The van der Waals surface area contributed by atoms with Gasteiger partial charge in [-0.2, -0.15) is 0 Å². The fourth-order valence-corrected chi connectivity index (χ4v) is 4.03. The maximum absolute atomic E-state index is 14.3. The van der Waals surface area contributed by atoms with E-state index in [1.807, 2.05) is 6.92 Å². The number of hydrogen-bond acceptors (Lipinski definition) is 6. The lowest BCUT2D eigenvalue weighted by Gasteiger charge is -2.44. The first-order valence-corrected chi connectivity index (χ1v) is 13.2. The molecular weight excluding hydrogens is 524 g/mol. The molecule has 0 saturated carbocycles. The Hall–Kier alpha value is -4.52. The minimum absolute atomic E-state index is 0.434. The number of carbonyl (C=O) groups is 4. The van der Waals surface area contributed by atoms with Crippen LogP contribution in [0, 0.1) is 12.3 Å². The zero-order chi connectivity index (χ0) is 31.0. The molecule has 4 amide bonds. The summed E-state index contributed by atoms with van der Waals surface area (Å²) in [5.41, 5.74) is 5.23. The van der Waals surface area contributed by atoms with E-state index in [-0.39, 0.29) is 0 Å². The summed E-state index contributed by atoms with van der Waals surface area (Å²) in [6.07, 6.45) is 4.57. The van der Waals surface area contributed by atoms with Crippen molar-refractivity contribution in [2.24, 2.45) is 5.73 Å². The van der Waals surface area contributed by atoms with Gasteiger partial charge in [-0.05, 0) is 83.0 Å². The van der Waals surface area contributed by atoms with E-state index in [1.54, 1.807) is 83.1 Å². The first-order valence-electron chi connectivity index (χ1n) is 13.2. The number of nitrogens with two attached hydrogens (primary N) is 1. The van der Waals surface area contributed by atoms with Crippen molar-refractivity contribution in [2.45, 2.75) is 77.6 Å². The van der Waals surface area contributed by atoms with E-state index in [4.69, 9.17) is 21.6 Å². The Kier molecular flexibility index (Phi) is 10.9. The fraction of sp³-hybridized carbons (Fsp3) is 0.419. The third-order valence-corrected chi connectivity index (χ3v) is 6.41. The van der Waals surface area contributed by atoms with Crippen LogP contribution in [0.4, 0.5) is 10.5 Å². The van der Waals surface area contributed by atoms with Gasteiger partial charge >= 0.3 is 6.09 Å². The van der Waals surface area contributed by atoms with Gasteiger partial charge in [0.2, 0.25) is 11.8 Å². The highest BCUT2D eigenvalue weighted by Gasteiger charge is 2.43. The largest absolute Gasteiger partial charge is 0.497 e. The van der Waals surface area contributed by atoms with Crippen LogP contribution < -0.4 is 21.1 Å². The Labute approximate surface area is 241 Å². The number of primary amides is 1. The number of methoxy groups -OCH3 is 1. The van der Waals surface area contributed by atoms with Crippen LogP contribution >= 0.6 is 0 Å². The Morgan fingerprint density at radius 3 is 2.05 bits per heavy atom. The molecule has 0 heterocycles. The second kappa shape index (κ2) is 13.7. The smallest absolute Gasteiger partial charge is 0.408 e. The van der Waals surface area contributed by atoms with Crippen LogP contribution in [0.15, 0.2) is 48.5 Å². The van der Waals surface area contributed by atoms with Crippen molar-refractivity contribution in [1.29, 1.82) is 0 Å². The van der Waals surface area contributed by atoms with Crippen molar-refractivity contribution >= 4 is 29.5 Å². The van der Waals surface area contributed by atoms with Crippen molar-refractivity contribution in [1.82, 2.24) is 10.2 Å². The van der Waals surface area contributed by atoms with Crippen molar-refractivity contribution in [3.05, 3.63) is 59.7 Å². The van der Waals surface area contributed by atoms with Gasteiger partial charge in [-0.15, -0.1) is 6.42 Å². The summed E-state index contributed by atoms with van der Waals surface area (Å²) in [7, 11) is 1.54. The van der Waals surface area contributed by atoms with Gasteiger partial charge in [0.1, 0.15) is 23.4 Å². The molecule has 2 aromatic carbocycles. The zero-order valence-corrected chi connectivity index (χ0v) is 24.7. The van der Waals surface area contributed by atoms with E-state index >= 15 is 0 Å². The minimum Gasteiger partial charge on any atom is -0.497 e. The van der Waals surface area contributed by atoms with Gasteiger partial charge < -0.3 is 30.7 Å². The molecule has 2 unspecified atom stereocenters. The molecule has 0 bridgehead atoms. The summed E-state index contributed by atoms with van der Waals surface area (Å²) < 4.78 is 10.5. The number of benzene rings is 2. The molecule has 10 nitrogen and oxygen atoms in total. The molecule has 0 aliphatic rings. The summed E-state index contributed by atoms with van der Waals surface area (Å²) in [4.78, 5) is 54.3.